The zero-order valence-corrected chi connectivity index (χ0v) is 10.5. The van der Waals surface area contributed by atoms with E-state index in [1.54, 1.807) is 6.07 Å². The molecule has 0 aromatic heterocycles. The number of benzene rings is 1. The Hall–Kier alpha value is -0.890. The lowest BCUT2D eigenvalue weighted by Gasteiger charge is -2.09. The zero-order chi connectivity index (χ0) is 12.0. The van der Waals surface area contributed by atoms with Crippen molar-refractivity contribution in [1.82, 2.24) is 5.32 Å². The summed E-state index contributed by atoms with van der Waals surface area (Å²) in [6, 6.07) is 6.02. The van der Waals surface area contributed by atoms with Gasteiger partial charge in [-0.25, -0.2) is 4.39 Å². The van der Waals surface area contributed by atoms with Gasteiger partial charge >= 0.3 is 0 Å². The molecule has 90 valence electrons. The molecule has 16 heavy (non-hydrogen) atoms. The van der Waals surface area contributed by atoms with Gasteiger partial charge in [0.1, 0.15) is 5.82 Å². The lowest BCUT2D eigenvalue weighted by Crippen LogP contribution is -2.21. The van der Waals surface area contributed by atoms with Gasteiger partial charge in [-0.05, 0) is 30.0 Å². The Balaban J connectivity index is 2.59. The highest BCUT2D eigenvalue weighted by molar-refractivity contribution is 5.24. The molecule has 1 aromatic rings. The minimum Gasteiger partial charge on any atom is -0.310 e. The monoisotopic (exact) mass is 223 g/mol. The van der Waals surface area contributed by atoms with E-state index in [9.17, 15) is 4.39 Å². The van der Waals surface area contributed by atoms with Crippen LogP contribution in [0.3, 0.4) is 0 Å². The first-order valence-electron chi connectivity index (χ1n) is 6.14. The molecule has 2 heteroatoms. The molecule has 1 N–H and O–H groups in total. The molecular formula is C14H22FN. The van der Waals surface area contributed by atoms with Crippen LogP contribution in [0, 0.1) is 5.82 Å². The normalized spacial score (nSPS) is 11.1. The van der Waals surface area contributed by atoms with Crippen molar-refractivity contribution in [2.45, 2.75) is 52.6 Å². The number of unbranched alkanes of at least 4 members (excludes halogenated alkanes) is 1. The highest BCUT2D eigenvalue weighted by Crippen LogP contribution is 2.13. The van der Waals surface area contributed by atoms with Crippen LogP contribution in [0.1, 0.15) is 44.7 Å². The van der Waals surface area contributed by atoms with E-state index in [-0.39, 0.29) is 5.82 Å². The molecule has 0 atom stereocenters. The average molecular weight is 223 g/mol. The van der Waals surface area contributed by atoms with Gasteiger partial charge in [-0.3, -0.25) is 0 Å². The Morgan fingerprint density at radius 2 is 2.06 bits per heavy atom. The maximum Gasteiger partial charge on any atom is 0.126 e. The fourth-order valence-corrected chi connectivity index (χ4v) is 1.59. The van der Waals surface area contributed by atoms with Crippen LogP contribution in [0.4, 0.5) is 4.39 Å². The van der Waals surface area contributed by atoms with Gasteiger partial charge in [-0.2, -0.15) is 0 Å². The molecule has 0 spiro atoms. The molecule has 0 aliphatic heterocycles. The summed E-state index contributed by atoms with van der Waals surface area (Å²) in [6.07, 6.45) is 3.01. The summed E-state index contributed by atoms with van der Waals surface area (Å²) < 4.78 is 13.7. The Morgan fingerprint density at radius 3 is 2.62 bits per heavy atom. The van der Waals surface area contributed by atoms with Gasteiger partial charge in [-0.15, -0.1) is 0 Å². The van der Waals surface area contributed by atoms with E-state index in [1.807, 2.05) is 12.1 Å². The molecule has 1 aromatic carbocycles. The third-order valence-corrected chi connectivity index (χ3v) is 2.63. The predicted molar refractivity (Wildman–Crippen MR) is 67.0 cm³/mol. The van der Waals surface area contributed by atoms with Crippen LogP contribution in [0.15, 0.2) is 18.2 Å². The van der Waals surface area contributed by atoms with Gasteiger partial charge < -0.3 is 5.32 Å². The molecule has 0 bridgehead atoms. The van der Waals surface area contributed by atoms with E-state index >= 15 is 0 Å². The Bertz CT molecular complexity index is 321. The zero-order valence-electron chi connectivity index (χ0n) is 10.5. The van der Waals surface area contributed by atoms with Crippen LogP contribution in [-0.4, -0.2) is 6.04 Å². The molecular weight excluding hydrogens is 201 g/mol. The third kappa shape index (κ3) is 4.31. The number of hydrogen-bond acceptors (Lipinski definition) is 1. The second-order valence-corrected chi connectivity index (χ2v) is 4.56. The molecule has 0 saturated heterocycles. The molecule has 0 radical (unpaired) electrons. The first-order chi connectivity index (χ1) is 7.63. The number of nitrogens with one attached hydrogen (secondary N) is 1. The van der Waals surface area contributed by atoms with Crippen LogP contribution in [0.5, 0.6) is 0 Å². The second kappa shape index (κ2) is 6.64. The molecule has 1 nitrogen and oxygen atoms in total. The van der Waals surface area contributed by atoms with Crippen molar-refractivity contribution < 1.29 is 4.39 Å². The largest absolute Gasteiger partial charge is 0.310 e. The summed E-state index contributed by atoms with van der Waals surface area (Å²) in [7, 11) is 0. The first-order valence-corrected chi connectivity index (χ1v) is 6.14. The molecule has 0 saturated carbocycles. The summed E-state index contributed by atoms with van der Waals surface area (Å²) in [5.74, 6) is -0.0588. The van der Waals surface area contributed by atoms with Crippen molar-refractivity contribution >= 4 is 0 Å². The Labute approximate surface area is 98.1 Å². The van der Waals surface area contributed by atoms with Crippen LogP contribution >= 0.6 is 0 Å². The smallest absolute Gasteiger partial charge is 0.126 e. The topological polar surface area (TPSA) is 12.0 Å². The van der Waals surface area contributed by atoms with E-state index in [4.69, 9.17) is 0 Å². The number of halogens is 1. The van der Waals surface area contributed by atoms with E-state index in [0.29, 0.717) is 6.04 Å². The Morgan fingerprint density at radius 1 is 1.31 bits per heavy atom. The van der Waals surface area contributed by atoms with Crippen molar-refractivity contribution in [3.63, 3.8) is 0 Å². The fraction of sp³-hybridized carbons (Fsp3) is 0.571. The summed E-state index contributed by atoms with van der Waals surface area (Å²) in [5, 5.41) is 3.28. The lowest BCUT2D eigenvalue weighted by molar-refractivity contribution is 0.575. The van der Waals surface area contributed by atoms with Gasteiger partial charge in [0.2, 0.25) is 0 Å². The van der Waals surface area contributed by atoms with Crippen LogP contribution in [0.2, 0.25) is 0 Å². The van der Waals surface area contributed by atoms with Crippen molar-refractivity contribution in [3.8, 4) is 0 Å². The van der Waals surface area contributed by atoms with Crippen LogP contribution in [0.25, 0.3) is 0 Å². The minimum atomic E-state index is -0.0588. The predicted octanol–water partition coefficient (Wildman–Crippen LogP) is 3.67. The number of rotatable bonds is 6. The molecule has 0 aliphatic rings. The van der Waals surface area contributed by atoms with Gasteiger partial charge in [0, 0.05) is 12.6 Å². The molecule has 0 amide bonds. The fourth-order valence-electron chi connectivity index (χ4n) is 1.59. The van der Waals surface area contributed by atoms with Crippen LogP contribution in [-0.2, 0) is 13.0 Å². The van der Waals surface area contributed by atoms with Crippen molar-refractivity contribution in [2.75, 3.05) is 0 Å². The molecule has 1 rings (SSSR count). The number of aryl methyl sites for hydroxylation is 1. The maximum atomic E-state index is 13.7. The molecule has 0 unspecified atom stereocenters. The molecule has 0 fully saturated rings. The maximum absolute atomic E-state index is 13.7. The number of hydrogen-bond donors (Lipinski definition) is 1. The van der Waals surface area contributed by atoms with Crippen molar-refractivity contribution in [1.29, 1.82) is 0 Å². The van der Waals surface area contributed by atoms with Gasteiger partial charge in [0.25, 0.3) is 0 Å². The third-order valence-electron chi connectivity index (χ3n) is 2.63. The van der Waals surface area contributed by atoms with Gasteiger partial charge in [0.15, 0.2) is 0 Å². The van der Waals surface area contributed by atoms with Crippen molar-refractivity contribution in [2.24, 2.45) is 0 Å². The Kier molecular flexibility index (Phi) is 5.47. The molecule has 0 aliphatic carbocycles. The van der Waals surface area contributed by atoms with Gasteiger partial charge in [-0.1, -0.05) is 39.3 Å². The molecule has 0 heterocycles. The quantitative estimate of drug-likeness (QED) is 0.776. The standard InChI is InChI=1S/C14H22FN/c1-4-5-6-13-8-7-12(9-14(13)15)10-16-11(2)3/h7-9,11,16H,4-6,10H2,1-3H3. The van der Waals surface area contributed by atoms with E-state index in [1.165, 1.54) is 0 Å². The van der Waals surface area contributed by atoms with Crippen molar-refractivity contribution in [3.05, 3.63) is 35.1 Å². The second-order valence-electron chi connectivity index (χ2n) is 4.56. The minimum absolute atomic E-state index is 0.0588. The lowest BCUT2D eigenvalue weighted by atomic mass is 10.1. The highest BCUT2D eigenvalue weighted by atomic mass is 19.1. The SMILES string of the molecule is CCCCc1ccc(CNC(C)C)cc1F. The van der Waals surface area contributed by atoms with Gasteiger partial charge in [0.05, 0.1) is 0 Å². The first kappa shape index (κ1) is 13.2. The van der Waals surface area contributed by atoms with Crippen LogP contribution < -0.4 is 5.32 Å². The summed E-state index contributed by atoms with van der Waals surface area (Å²) in [4.78, 5) is 0. The summed E-state index contributed by atoms with van der Waals surface area (Å²) in [6.45, 7) is 7.04. The van der Waals surface area contributed by atoms with E-state index < -0.39 is 0 Å². The summed E-state index contributed by atoms with van der Waals surface area (Å²) >= 11 is 0. The summed E-state index contributed by atoms with van der Waals surface area (Å²) in [5.41, 5.74) is 1.86. The highest BCUT2D eigenvalue weighted by Gasteiger charge is 2.03. The van der Waals surface area contributed by atoms with E-state index in [0.717, 1.165) is 36.9 Å². The van der Waals surface area contributed by atoms with E-state index in [2.05, 4.69) is 26.1 Å². The average Bonchev–Trinajstić information content (AvgIpc) is 2.25.